The van der Waals surface area contributed by atoms with Crippen molar-refractivity contribution in [1.82, 2.24) is 14.6 Å². The molecule has 3 aromatic rings. The summed E-state index contributed by atoms with van der Waals surface area (Å²) >= 11 is 1.45. The first-order valence-corrected chi connectivity index (χ1v) is 10.5. The maximum Gasteiger partial charge on any atom is 0.338 e. The van der Waals surface area contributed by atoms with E-state index in [1.165, 1.54) is 41.2 Å². The van der Waals surface area contributed by atoms with Crippen LogP contribution in [0, 0.1) is 0 Å². The van der Waals surface area contributed by atoms with Crippen molar-refractivity contribution in [2.24, 2.45) is 0 Å². The van der Waals surface area contributed by atoms with Crippen molar-refractivity contribution in [2.75, 3.05) is 6.79 Å². The van der Waals surface area contributed by atoms with Gasteiger partial charge in [0.05, 0.1) is 11.3 Å². The summed E-state index contributed by atoms with van der Waals surface area (Å²) in [4.78, 5) is 29.8. The summed E-state index contributed by atoms with van der Waals surface area (Å²) in [6.45, 7) is 0.0507. The molecule has 8 nitrogen and oxygen atoms in total. The molecule has 2 aromatic heterocycles. The van der Waals surface area contributed by atoms with E-state index in [-0.39, 0.29) is 19.0 Å². The Bertz CT molecular complexity index is 1130. The van der Waals surface area contributed by atoms with Gasteiger partial charge in [-0.25, -0.2) is 9.78 Å². The molecule has 5 rings (SSSR count). The average molecular weight is 413 g/mol. The lowest BCUT2D eigenvalue weighted by Crippen LogP contribution is -2.17. The second-order valence-electron chi connectivity index (χ2n) is 7.20. The zero-order valence-electron chi connectivity index (χ0n) is 15.6. The van der Waals surface area contributed by atoms with E-state index in [2.05, 4.69) is 10.1 Å². The van der Waals surface area contributed by atoms with Crippen LogP contribution in [0.1, 0.15) is 59.1 Å². The highest BCUT2D eigenvalue weighted by molar-refractivity contribution is 7.16. The van der Waals surface area contributed by atoms with Crippen LogP contribution in [0.4, 0.5) is 0 Å². The lowest BCUT2D eigenvalue weighted by Gasteiger charge is -2.18. The Morgan fingerprint density at radius 3 is 2.86 bits per heavy atom. The first kappa shape index (κ1) is 18.1. The third-order valence-electron chi connectivity index (χ3n) is 5.23. The van der Waals surface area contributed by atoms with Gasteiger partial charge in [-0.3, -0.25) is 4.79 Å². The molecular formula is C20H19N3O5S. The van der Waals surface area contributed by atoms with E-state index in [4.69, 9.17) is 14.2 Å². The summed E-state index contributed by atoms with van der Waals surface area (Å²) < 4.78 is 17.2. The van der Waals surface area contributed by atoms with Crippen LogP contribution in [0.3, 0.4) is 0 Å². The fourth-order valence-electron chi connectivity index (χ4n) is 3.71. The smallest absolute Gasteiger partial charge is 0.338 e. The Hall–Kier alpha value is -2.94. The molecule has 3 heterocycles. The second-order valence-corrected chi connectivity index (χ2v) is 8.19. The highest BCUT2D eigenvalue weighted by Gasteiger charge is 2.21. The van der Waals surface area contributed by atoms with Crippen LogP contribution in [-0.2, 0) is 11.3 Å². The summed E-state index contributed by atoms with van der Waals surface area (Å²) in [6.07, 6.45) is 5.87. The summed E-state index contributed by atoms with van der Waals surface area (Å²) in [7, 11) is 0. The molecule has 2 aliphatic rings. The van der Waals surface area contributed by atoms with Crippen molar-refractivity contribution in [3.05, 3.63) is 50.9 Å². The molecule has 0 unspecified atom stereocenters. The fourth-order valence-corrected chi connectivity index (χ4v) is 4.80. The van der Waals surface area contributed by atoms with Crippen LogP contribution in [-0.4, -0.2) is 27.4 Å². The molecule has 1 aliphatic carbocycles. The molecule has 1 saturated carbocycles. The van der Waals surface area contributed by atoms with Crippen molar-refractivity contribution < 1.29 is 19.0 Å². The van der Waals surface area contributed by atoms with Gasteiger partial charge in [0.1, 0.15) is 11.6 Å². The average Bonchev–Trinajstić information content (AvgIpc) is 3.39. The van der Waals surface area contributed by atoms with Crippen LogP contribution >= 0.6 is 11.3 Å². The molecule has 0 radical (unpaired) electrons. The van der Waals surface area contributed by atoms with E-state index in [1.807, 2.05) is 0 Å². The minimum Gasteiger partial charge on any atom is -0.456 e. The standard InChI is InChI=1S/C20H19N3O5S/c24-17-9-14(10-26-19(25)13-6-7-15-16(8-13)28-11-27-15)21-20-23(17)22-18(29-20)12-4-2-1-3-5-12/h6-9,12H,1-5,10-11H2. The number of aromatic nitrogens is 3. The molecule has 150 valence electrons. The maximum absolute atomic E-state index is 12.4. The number of hydrogen-bond acceptors (Lipinski definition) is 8. The first-order valence-electron chi connectivity index (χ1n) is 9.64. The third-order valence-corrected chi connectivity index (χ3v) is 6.30. The van der Waals surface area contributed by atoms with Crippen molar-refractivity contribution in [3.63, 3.8) is 0 Å². The van der Waals surface area contributed by atoms with Gasteiger partial charge in [-0.05, 0) is 31.0 Å². The summed E-state index contributed by atoms with van der Waals surface area (Å²) in [5.41, 5.74) is 0.495. The van der Waals surface area contributed by atoms with Crippen LogP contribution < -0.4 is 15.0 Å². The van der Waals surface area contributed by atoms with Gasteiger partial charge in [0, 0.05) is 12.0 Å². The number of carbonyl (C=O) groups is 1. The molecule has 9 heteroatoms. The predicted molar refractivity (Wildman–Crippen MR) is 105 cm³/mol. The quantitative estimate of drug-likeness (QED) is 0.606. The maximum atomic E-state index is 12.4. The number of hydrogen-bond donors (Lipinski definition) is 0. The second kappa shape index (κ2) is 7.47. The minimum absolute atomic E-state index is 0.0876. The Balaban J connectivity index is 1.32. The molecule has 29 heavy (non-hydrogen) atoms. The molecule has 0 atom stereocenters. The molecule has 1 fully saturated rings. The number of ether oxygens (including phenoxy) is 3. The molecule has 0 amide bonds. The van der Waals surface area contributed by atoms with E-state index < -0.39 is 5.97 Å². The van der Waals surface area contributed by atoms with Crippen LogP contribution in [0.25, 0.3) is 4.96 Å². The van der Waals surface area contributed by atoms with Gasteiger partial charge in [0.2, 0.25) is 11.8 Å². The number of rotatable bonds is 4. The molecule has 0 saturated heterocycles. The van der Waals surface area contributed by atoms with Crippen LogP contribution in [0.5, 0.6) is 11.5 Å². The van der Waals surface area contributed by atoms with Gasteiger partial charge < -0.3 is 14.2 Å². The number of nitrogens with zero attached hydrogens (tertiary/aromatic N) is 3. The Morgan fingerprint density at radius 1 is 1.17 bits per heavy atom. The van der Waals surface area contributed by atoms with Crippen molar-refractivity contribution >= 4 is 22.3 Å². The normalized spacial score (nSPS) is 16.3. The van der Waals surface area contributed by atoms with Crippen molar-refractivity contribution in [1.29, 1.82) is 0 Å². The van der Waals surface area contributed by atoms with Gasteiger partial charge in [0.15, 0.2) is 11.5 Å². The molecule has 1 aliphatic heterocycles. The zero-order chi connectivity index (χ0) is 19.8. The number of carbonyl (C=O) groups excluding carboxylic acids is 1. The monoisotopic (exact) mass is 413 g/mol. The molecule has 0 N–H and O–H groups in total. The van der Waals surface area contributed by atoms with E-state index in [0.717, 1.165) is 17.8 Å². The molecule has 1 aromatic carbocycles. The van der Waals surface area contributed by atoms with Crippen molar-refractivity contribution in [3.8, 4) is 11.5 Å². The predicted octanol–water partition coefficient (Wildman–Crippen LogP) is 3.28. The van der Waals surface area contributed by atoms with Gasteiger partial charge in [-0.2, -0.15) is 9.61 Å². The van der Waals surface area contributed by atoms with E-state index in [0.29, 0.717) is 33.6 Å². The van der Waals surface area contributed by atoms with E-state index in [9.17, 15) is 9.59 Å². The lowest BCUT2D eigenvalue weighted by molar-refractivity contribution is 0.0467. The summed E-state index contributed by atoms with van der Waals surface area (Å²) in [5, 5.41) is 5.44. The van der Waals surface area contributed by atoms with Crippen LogP contribution in [0.2, 0.25) is 0 Å². The SMILES string of the molecule is O=C(OCc1cc(=O)n2nc(C3CCCCC3)sc2n1)c1ccc2c(c1)OCO2. The number of benzene rings is 1. The van der Waals surface area contributed by atoms with Gasteiger partial charge in [-0.1, -0.05) is 30.6 Å². The number of esters is 1. The first-order chi connectivity index (χ1) is 14.2. The Labute approximate surface area is 170 Å². The summed E-state index contributed by atoms with van der Waals surface area (Å²) in [5.74, 6) is 0.998. The van der Waals surface area contributed by atoms with Crippen molar-refractivity contribution in [2.45, 2.75) is 44.6 Å². The van der Waals surface area contributed by atoms with Gasteiger partial charge in [-0.15, -0.1) is 0 Å². The van der Waals surface area contributed by atoms with E-state index in [1.54, 1.807) is 18.2 Å². The van der Waals surface area contributed by atoms with Crippen LogP contribution in [0.15, 0.2) is 29.1 Å². The highest BCUT2D eigenvalue weighted by atomic mass is 32.1. The lowest BCUT2D eigenvalue weighted by atomic mass is 9.90. The largest absolute Gasteiger partial charge is 0.456 e. The Kier molecular flexibility index (Phi) is 4.67. The highest BCUT2D eigenvalue weighted by Crippen LogP contribution is 2.34. The Morgan fingerprint density at radius 2 is 2.00 bits per heavy atom. The zero-order valence-corrected chi connectivity index (χ0v) is 16.4. The molecular weight excluding hydrogens is 394 g/mol. The van der Waals surface area contributed by atoms with Gasteiger partial charge >= 0.3 is 5.97 Å². The third kappa shape index (κ3) is 3.57. The fraction of sp³-hybridized carbons (Fsp3) is 0.400. The van der Waals surface area contributed by atoms with E-state index >= 15 is 0 Å². The summed E-state index contributed by atoms with van der Waals surface area (Å²) in [6, 6.07) is 6.22. The molecule has 0 bridgehead atoms. The minimum atomic E-state index is -0.516. The van der Waals surface area contributed by atoms with Gasteiger partial charge in [0.25, 0.3) is 5.56 Å². The topological polar surface area (TPSA) is 92.0 Å². The molecule has 0 spiro atoms. The number of fused-ring (bicyclic) bond motifs is 2.